The number of hydrogen-bond acceptors (Lipinski definition) is 4. The summed E-state index contributed by atoms with van der Waals surface area (Å²) in [7, 11) is 1.87. The lowest BCUT2D eigenvalue weighted by Gasteiger charge is -2.27. The number of hydrogen-bond donors (Lipinski definition) is 1. The van der Waals surface area contributed by atoms with Crippen LogP contribution in [0.2, 0.25) is 0 Å². The van der Waals surface area contributed by atoms with Crippen molar-refractivity contribution >= 4 is 23.3 Å². The normalized spacial score (nSPS) is 18.8. The molecule has 2 N–H and O–H groups in total. The molecule has 0 aromatic heterocycles. The summed E-state index contributed by atoms with van der Waals surface area (Å²) in [5.41, 5.74) is 12.2. The van der Waals surface area contributed by atoms with Crippen LogP contribution in [-0.4, -0.2) is 36.5 Å². The van der Waals surface area contributed by atoms with Gasteiger partial charge in [-0.2, -0.15) is 0 Å². The number of benzene rings is 2. The molecule has 0 saturated heterocycles. The van der Waals surface area contributed by atoms with Crippen molar-refractivity contribution in [2.45, 2.75) is 6.04 Å². The fraction of sp³-hybridized carbons (Fsp3) is 0.143. The van der Waals surface area contributed by atoms with Gasteiger partial charge in [-0.25, -0.2) is 4.39 Å². The monoisotopic (exact) mass is 347 g/mol. The second-order valence-electron chi connectivity index (χ2n) is 6.50. The summed E-state index contributed by atoms with van der Waals surface area (Å²) in [6.45, 7) is 0.450. The number of likely N-dealkylation sites (N-methyl/N-ethyl adjacent to an activating group) is 1. The maximum atomic E-state index is 13.3. The highest BCUT2D eigenvalue weighted by molar-refractivity contribution is 6.17. The molecule has 0 spiro atoms. The first-order valence-corrected chi connectivity index (χ1v) is 8.37. The Kier molecular flexibility index (Phi) is 3.92. The lowest BCUT2D eigenvalue weighted by molar-refractivity contribution is -0.110. The summed E-state index contributed by atoms with van der Waals surface area (Å²) in [5, 5.41) is 0. The Morgan fingerprint density at radius 3 is 2.69 bits per heavy atom. The van der Waals surface area contributed by atoms with Gasteiger partial charge in [0.25, 0.3) is 0 Å². The van der Waals surface area contributed by atoms with Gasteiger partial charge in [0.2, 0.25) is 0 Å². The number of carbonyl (C=O) groups excluding carboxylic acids is 1. The number of nitrogens with zero attached hydrogens (tertiary/aromatic N) is 2. The summed E-state index contributed by atoms with van der Waals surface area (Å²) >= 11 is 0. The zero-order chi connectivity index (χ0) is 18.3. The second kappa shape index (κ2) is 6.26. The van der Waals surface area contributed by atoms with E-state index in [4.69, 9.17) is 10.7 Å². The maximum Gasteiger partial charge on any atom is 0.146 e. The minimum atomic E-state index is -0.305. The Morgan fingerprint density at radius 1 is 1.19 bits per heavy atom. The van der Waals surface area contributed by atoms with Gasteiger partial charge < -0.3 is 15.4 Å². The van der Waals surface area contributed by atoms with Crippen molar-refractivity contribution in [2.24, 2.45) is 4.99 Å². The molecule has 0 amide bonds. The fourth-order valence-electron chi connectivity index (χ4n) is 3.40. The highest BCUT2D eigenvalue weighted by Gasteiger charge is 2.26. The van der Waals surface area contributed by atoms with Crippen molar-refractivity contribution in [3.8, 4) is 0 Å². The molecule has 2 aliphatic heterocycles. The van der Waals surface area contributed by atoms with Crippen molar-refractivity contribution in [3.05, 3.63) is 82.8 Å². The lowest BCUT2D eigenvalue weighted by atomic mass is 9.89. The van der Waals surface area contributed by atoms with Crippen molar-refractivity contribution < 1.29 is 9.18 Å². The molecule has 0 bridgehead atoms. The van der Waals surface area contributed by atoms with Gasteiger partial charge in [0.1, 0.15) is 18.1 Å². The van der Waals surface area contributed by atoms with E-state index in [2.05, 4.69) is 0 Å². The van der Waals surface area contributed by atoms with E-state index in [-0.39, 0.29) is 11.9 Å². The van der Waals surface area contributed by atoms with E-state index in [0.29, 0.717) is 12.2 Å². The van der Waals surface area contributed by atoms with Crippen LogP contribution in [0.1, 0.15) is 16.7 Å². The van der Waals surface area contributed by atoms with E-state index in [9.17, 15) is 9.18 Å². The molecule has 2 aliphatic rings. The van der Waals surface area contributed by atoms with Crippen LogP contribution in [0.25, 0.3) is 5.57 Å². The molecule has 26 heavy (non-hydrogen) atoms. The SMILES string of the molecule is CN1C=C2C(=CC1C=O)CN=C(c1ccc(F)cc1)c1ccc(N)cc12. The number of aliphatic imine (C=N–C) groups is 1. The van der Waals surface area contributed by atoms with Crippen LogP contribution < -0.4 is 5.73 Å². The standard InChI is InChI=1S/C21H18FN3O/c1-25-11-20-14(8-17(25)12-26)10-24-21(13-2-4-15(22)5-3-13)18-7-6-16(23)9-19(18)20/h2-9,11-12,17H,10,23H2,1H3. The summed E-state index contributed by atoms with van der Waals surface area (Å²) in [4.78, 5) is 18.0. The largest absolute Gasteiger partial charge is 0.399 e. The molecule has 1 atom stereocenters. The molecule has 130 valence electrons. The number of aldehydes is 1. The van der Waals surface area contributed by atoms with Gasteiger partial charge in [0.15, 0.2) is 0 Å². The molecule has 4 rings (SSSR count). The van der Waals surface area contributed by atoms with Gasteiger partial charge in [-0.05, 0) is 53.6 Å². The second-order valence-corrected chi connectivity index (χ2v) is 6.50. The Morgan fingerprint density at radius 2 is 1.96 bits per heavy atom. The molecule has 0 radical (unpaired) electrons. The van der Waals surface area contributed by atoms with Crippen LogP contribution in [0.5, 0.6) is 0 Å². The summed E-state index contributed by atoms with van der Waals surface area (Å²) in [5.74, 6) is -0.282. The van der Waals surface area contributed by atoms with Crippen LogP contribution in [0, 0.1) is 5.82 Å². The average molecular weight is 347 g/mol. The molecule has 2 heterocycles. The van der Waals surface area contributed by atoms with Crippen LogP contribution in [0.15, 0.2) is 65.3 Å². The topological polar surface area (TPSA) is 58.7 Å². The zero-order valence-corrected chi connectivity index (χ0v) is 14.3. The van der Waals surface area contributed by atoms with E-state index in [0.717, 1.165) is 39.8 Å². The molecule has 5 heteroatoms. The molecule has 0 aliphatic carbocycles. The van der Waals surface area contributed by atoms with Crippen LogP contribution in [0.4, 0.5) is 10.1 Å². The zero-order valence-electron chi connectivity index (χ0n) is 14.3. The molecular formula is C21H18FN3O. The van der Waals surface area contributed by atoms with Crippen molar-refractivity contribution in [1.29, 1.82) is 0 Å². The molecule has 0 saturated carbocycles. The predicted molar refractivity (Wildman–Crippen MR) is 101 cm³/mol. The molecule has 1 unspecified atom stereocenters. The quantitative estimate of drug-likeness (QED) is 0.671. The Balaban J connectivity index is 1.93. The summed E-state index contributed by atoms with van der Waals surface area (Å²) < 4.78 is 13.3. The number of rotatable bonds is 2. The number of nitrogens with two attached hydrogens (primary N) is 1. The first kappa shape index (κ1) is 16.3. The summed E-state index contributed by atoms with van der Waals surface area (Å²) in [6, 6.07) is 11.7. The van der Waals surface area contributed by atoms with Gasteiger partial charge in [0, 0.05) is 35.6 Å². The Hall–Kier alpha value is -3.21. The number of nitrogen functional groups attached to an aromatic ring is 1. The number of carbonyl (C=O) groups is 1. The number of fused-ring (bicyclic) bond motifs is 3. The van der Waals surface area contributed by atoms with Crippen LogP contribution >= 0.6 is 0 Å². The molecule has 2 aromatic carbocycles. The van der Waals surface area contributed by atoms with Crippen molar-refractivity contribution in [2.75, 3.05) is 19.3 Å². The molecular weight excluding hydrogens is 329 g/mol. The third kappa shape index (κ3) is 2.71. The van der Waals surface area contributed by atoms with Gasteiger partial charge in [0.05, 0.1) is 12.3 Å². The van der Waals surface area contributed by atoms with E-state index in [1.54, 1.807) is 12.1 Å². The summed E-state index contributed by atoms with van der Waals surface area (Å²) in [6.07, 6.45) is 4.82. The van der Waals surface area contributed by atoms with Gasteiger partial charge in [-0.1, -0.05) is 6.07 Å². The van der Waals surface area contributed by atoms with Gasteiger partial charge in [-0.3, -0.25) is 4.99 Å². The van der Waals surface area contributed by atoms with E-state index in [1.807, 2.05) is 42.4 Å². The van der Waals surface area contributed by atoms with Gasteiger partial charge >= 0.3 is 0 Å². The number of anilines is 1. The molecule has 2 aromatic rings. The third-order valence-electron chi connectivity index (χ3n) is 4.77. The third-order valence-corrected chi connectivity index (χ3v) is 4.77. The average Bonchev–Trinajstić information content (AvgIpc) is 2.78. The lowest BCUT2D eigenvalue weighted by Crippen LogP contribution is -2.30. The van der Waals surface area contributed by atoms with Crippen LogP contribution in [0.3, 0.4) is 0 Å². The van der Waals surface area contributed by atoms with Crippen molar-refractivity contribution in [1.82, 2.24) is 4.90 Å². The van der Waals surface area contributed by atoms with E-state index in [1.165, 1.54) is 12.1 Å². The first-order chi connectivity index (χ1) is 12.6. The van der Waals surface area contributed by atoms with E-state index >= 15 is 0 Å². The maximum absolute atomic E-state index is 13.3. The number of halogens is 1. The minimum Gasteiger partial charge on any atom is -0.399 e. The first-order valence-electron chi connectivity index (χ1n) is 8.37. The predicted octanol–water partition coefficient (Wildman–Crippen LogP) is 3.04. The van der Waals surface area contributed by atoms with Crippen molar-refractivity contribution in [3.63, 3.8) is 0 Å². The minimum absolute atomic E-state index is 0.282. The molecule has 4 nitrogen and oxygen atoms in total. The van der Waals surface area contributed by atoms with Gasteiger partial charge in [-0.15, -0.1) is 0 Å². The Bertz CT molecular complexity index is 973. The molecule has 0 fully saturated rings. The Labute approximate surface area is 151 Å². The highest BCUT2D eigenvalue weighted by Crippen LogP contribution is 2.35. The van der Waals surface area contributed by atoms with E-state index < -0.39 is 0 Å². The van der Waals surface area contributed by atoms with Crippen LogP contribution in [-0.2, 0) is 4.79 Å². The smallest absolute Gasteiger partial charge is 0.146 e. The highest BCUT2D eigenvalue weighted by atomic mass is 19.1. The fourth-order valence-corrected chi connectivity index (χ4v) is 3.40.